The van der Waals surface area contributed by atoms with E-state index in [1.165, 1.54) is 31.6 Å². The highest BCUT2D eigenvalue weighted by Crippen LogP contribution is 2.38. The molecule has 1 atom stereocenters. The van der Waals surface area contributed by atoms with Crippen molar-refractivity contribution in [3.05, 3.63) is 30.1 Å². The topological polar surface area (TPSA) is 55.0 Å². The minimum Gasteiger partial charge on any atom is -0.317 e. The molecule has 0 N–H and O–H groups in total. The van der Waals surface area contributed by atoms with E-state index < -0.39 is 0 Å². The van der Waals surface area contributed by atoms with Crippen LogP contribution in [0.15, 0.2) is 18.5 Å². The van der Waals surface area contributed by atoms with Crippen LogP contribution in [0.25, 0.3) is 0 Å². The second-order valence-corrected chi connectivity index (χ2v) is 7.24. The van der Waals surface area contributed by atoms with E-state index in [4.69, 9.17) is 0 Å². The molecule has 0 aromatic carbocycles. The molecule has 2 aromatic rings. The molecule has 0 spiro atoms. The molecule has 0 amide bonds. The van der Waals surface area contributed by atoms with Crippen LogP contribution in [-0.4, -0.2) is 67.1 Å². The number of hydrogen-bond donors (Lipinski definition) is 0. The Bertz CT molecular complexity index is 659. The zero-order valence-corrected chi connectivity index (χ0v) is 14.7. The van der Waals surface area contributed by atoms with Crippen LogP contribution in [0.3, 0.4) is 0 Å². The molecular weight excluding hydrogens is 302 g/mol. The molecule has 1 aliphatic heterocycles. The fourth-order valence-electron chi connectivity index (χ4n) is 3.61. The molecule has 7 nitrogen and oxygen atoms in total. The van der Waals surface area contributed by atoms with Gasteiger partial charge in [0.05, 0.1) is 13.1 Å². The summed E-state index contributed by atoms with van der Waals surface area (Å²) in [6.07, 6.45) is 7.65. The largest absolute Gasteiger partial charge is 0.317 e. The Labute approximate surface area is 143 Å². The maximum atomic E-state index is 4.42. The lowest BCUT2D eigenvalue weighted by Crippen LogP contribution is -2.35. The molecule has 7 heteroatoms. The van der Waals surface area contributed by atoms with Crippen molar-refractivity contribution in [2.75, 3.05) is 26.7 Å². The molecule has 0 radical (unpaired) electrons. The van der Waals surface area contributed by atoms with Gasteiger partial charge in [-0.15, -0.1) is 10.2 Å². The monoisotopic (exact) mass is 329 g/mol. The first-order valence-corrected chi connectivity index (χ1v) is 8.99. The summed E-state index contributed by atoms with van der Waals surface area (Å²) >= 11 is 0. The summed E-state index contributed by atoms with van der Waals surface area (Å²) in [5.41, 5.74) is 0. The summed E-state index contributed by atoms with van der Waals surface area (Å²) in [6, 6.07) is 2.58. The second-order valence-electron chi connectivity index (χ2n) is 7.24. The van der Waals surface area contributed by atoms with Gasteiger partial charge in [0.1, 0.15) is 11.6 Å². The van der Waals surface area contributed by atoms with Gasteiger partial charge < -0.3 is 4.57 Å². The Balaban J connectivity index is 1.28. The van der Waals surface area contributed by atoms with Crippen LogP contribution >= 0.6 is 0 Å². The lowest BCUT2D eigenvalue weighted by atomic mass is 10.2. The number of hydrogen-bond acceptors (Lipinski definition) is 5. The Morgan fingerprint density at radius 2 is 2.08 bits per heavy atom. The fraction of sp³-hybridized carbons (Fsp3) is 0.706. The standard InChI is InChI=1S/C17H27N7/c1-21(13-16-19-20-17(22(16)2)14-4-5-14)15-6-9-23(12-15)10-11-24-8-3-7-18-24/h3,7-8,14-15H,4-6,9-13H2,1-2H3/t15-/m1/s1. The van der Waals surface area contributed by atoms with Crippen molar-refractivity contribution in [2.24, 2.45) is 7.05 Å². The highest BCUT2D eigenvalue weighted by atomic mass is 15.3. The highest BCUT2D eigenvalue weighted by Gasteiger charge is 2.30. The molecule has 3 heterocycles. The molecule has 0 bridgehead atoms. The normalized spacial score (nSPS) is 21.9. The predicted octanol–water partition coefficient (Wildman–Crippen LogP) is 1.10. The molecule has 0 unspecified atom stereocenters. The van der Waals surface area contributed by atoms with E-state index >= 15 is 0 Å². The molecular formula is C17H27N7. The van der Waals surface area contributed by atoms with Crippen molar-refractivity contribution >= 4 is 0 Å². The molecule has 2 fully saturated rings. The first-order chi connectivity index (χ1) is 11.7. The number of likely N-dealkylation sites (tertiary alicyclic amines) is 1. The van der Waals surface area contributed by atoms with Gasteiger partial charge in [-0.05, 0) is 38.9 Å². The van der Waals surface area contributed by atoms with Crippen molar-refractivity contribution in [1.82, 2.24) is 34.3 Å². The molecule has 1 saturated heterocycles. The second kappa shape index (κ2) is 6.64. The van der Waals surface area contributed by atoms with Crippen LogP contribution in [-0.2, 0) is 20.1 Å². The van der Waals surface area contributed by atoms with Crippen molar-refractivity contribution in [1.29, 1.82) is 0 Å². The van der Waals surface area contributed by atoms with Crippen molar-refractivity contribution in [3.63, 3.8) is 0 Å². The average Bonchev–Trinajstić information content (AvgIpc) is 3.00. The fourth-order valence-corrected chi connectivity index (χ4v) is 3.61. The third-order valence-electron chi connectivity index (χ3n) is 5.41. The van der Waals surface area contributed by atoms with Gasteiger partial charge in [-0.3, -0.25) is 14.5 Å². The summed E-state index contributed by atoms with van der Waals surface area (Å²) in [5.74, 6) is 2.92. The maximum absolute atomic E-state index is 4.42. The number of rotatable bonds is 7. The SMILES string of the molecule is CN(Cc1nnc(C2CC2)n1C)[C@@H]1CCN(CCn2cccn2)C1. The van der Waals surface area contributed by atoms with Crippen LogP contribution in [0.4, 0.5) is 0 Å². The van der Waals surface area contributed by atoms with E-state index in [2.05, 4.69) is 43.8 Å². The van der Waals surface area contributed by atoms with E-state index in [0.29, 0.717) is 12.0 Å². The molecule has 1 saturated carbocycles. The van der Waals surface area contributed by atoms with Gasteiger partial charge >= 0.3 is 0 Å². The first kappa shape index (κ1) is 15.8. The molecule has 130 valence electrons. The quantitative estimate of drug-likeness (QED) is 0.761. The van der Waals surface area contributed by atoms with Gasteiger partial charge in [0.15, 0.2) is 0 Å². The summed E-state index contributed by atoms with van der Waals surface area (Å²) in [7, 11) is 4.33. The van der Waals surface area contributed by atoms with Gasteiger partial charge in [0, 0.05) is 44.5 Å². The molecule has 4 rings (SSSR count). The van der Waals surface area contributed by atoms with E-state index in [9.17, 15) is 0 Å². The van der Waals surface area contributed by atoms with E-state index in [0.717, 1.165) is 32.0 Å². The third kappa shape index (κ3) is 3.37. The molecule has 1 aliphatic carbocycles. The molecule has 2 aromatic heterocycles. The average molecular weight is 329 g/mol. The summed E-state index contributed by atoms with van der Waals surface area (Å²) < 4.78 is 4.22. The van der Waals surface area contributed by atoms with Crippen LogP contribution in [0.1, 0.15) is 36.8 Å². The molecule has 24 heavy (non-hydrogen) atoms. The maximum Gasteiger partial charge on any atom is 0.146 e. The summed E-state index contributed by atoms with van der Waals surface area (Å²) in [6.45, 7) is 5.22. The molecule has 2 aliphatic rings. The van der Waals surface area contributed by atoms with Gasteiger partial charge in [-0.1, -0.05) is 0 Å². The summed E-state index contributed by atoms with van der Waals surface area (Å²) in [4.78, 5) is 4.98. The highest BCUT2D eigenvalue weighted by molar-refractivity contribution is 5.07. The smallest absolute Gasteiger partial charge is 0.146 e. The van der Waals surface area contributed by atoms with Crippen molar-refractivity contribution in [2.45, 2.75) is 44.3 Å². The van der Waals surface area contributed by atoms with E-state index in [1.807, 2.05) is 23.1 Å². The number of nitrogens with zero attached hydrogens (tertiary/aromatic N) is 7. The van der Waals surface area contributed by atoms with Crippen molar-refractivity contribution < 1.29 is 0 Å². The Hall–Kier alpha value is -1.73. The van der Waals surface area contributed by atoms with Crippen LogP contribution in [0.2, 0.25) is 0 Å². The number of likely N-dealkylation sites (N-methyl/N-ethyl adjacent to an activating group) is 1. The van der Waals surface area contributed by atoms with Crippen LogP contribution in [0, 0.1) is 0 Å². The van der Waals surface area contributed by atoms with Crippen LogP contribution in [0.5, 0.6) is 0 Å². The lowest BCUT2D eigenvalue weighted by molar-refractivity contribution is 0.215. The zero-order valence-electron chi connectivity index (χ0n) is 14.7. The Morgan fingerprint density at radius 3 is 2.83 bits per heavy atom. The predicted molar refractivity (Wildman–Crippen MR) is 91.5 cm³/mol. The Morgan fingerprint density at radius 1 is 1.21 bits per heavy atom. The number of aromatic nitrogens is 5. The van der Waals surface area contributed by atoms with Gasteiger partial charge in [-0.25, -0.2) is 0 Å². The van der Waals surface area contributed by atoms with E-state index in [-0.39, 0.29) is 0 Å². The third-order valence-corrected chi connectivity index (χ3v) is 5.41. The van der Waals surface area contributed by atoms with Crippen LogP contribution < -0.4 is 0 Å². The van der Waals surface area contributed by atoms with Gasteiger partial charge in [0.2, 0.25) is 0 Å². The van der Waals surface area contributed by atoms with Gasteiger partial charge in [0.25, 0.3) is 0 Å². The van der Waals surface area contributed by atoms with Gasteiger partial charge in [-0.2, -0.15) is 5.10 Å². The zero-order chi connectivity index (χ0) is 16.5. The summed E-state index contributed by atoms with van der Waals surface area (Å²) in [5, 5.41) is 13.1. The van der Waals surface area contributed by atoms with E-state index in [1.54, 1.807) is 0 Å². The minimum absolute atomic E-state index is 0.601. The van der Waals surface area contributed by atoms with Crippen molar-refractivity contribution in [3.8, 4) is 0 Å². The lowest BCUT2D eigenvalue weighted by Gasteiger charge is -2.24. The Kier molecular flexibility index (Phi) is 4.37. The minimum atomic E-state index is 0.601. The first-order valence-electron chi connectivity index (χ1n) is 8.99.